The quantitative estimate of drug-likeness (QED) is 0.622. The van der Waals surface area contributed by atoms with E-state index in [0.717, 1.165) is 13.0 Å². The molecule has 1 aliphatic carbocycles. The van der Waals surface area contributed by atoms with Crippen LogP contribution in [0.15, 0.2) is 0 Å². The molecule has 60 valence electrons. The lowest BCUT2D eigenvalue weighted by Crippen LogP contribution is -2.22. The van der Waals surface area contributed by atoms with E-state index in [-0.39, 0.29) is 25.1 Å². The van der Waals surface area contributed by atoms with E-state index in [0.29, 0.717) is 5.41 Å². The van der Waals surface area contributed by atoms with Crippen molar-refractivity contribution in [2.45, 2.75) is 25.3 Å². The highest BCUT2D eigenvalue weighted by molar-refractivity contribution is 5.85. The molecule has 1 N–H and O–H groups in total. The summed E-state index contributed by atoms with van der Waals surface area (Å²) in [6.45, 7) is 0.892. The van der Waals surface area contributed by atoms with Gasteiger partial charge in [0.15, 0.2) is 0 Å². The zero-order chi connectivity index (χ0) is 6.32. The molecule has 2 fully saturated rings. The van der Waals surface area contributed by atoms with Crippen LogP contribution in [0.25, 0.3) is 0 Å². The number of hydrogen-bond acceptors (Lipinski definition) is 1. The molecule has 0 aromatic carbocycles. The van der Waals surface area contributed by atoms with Crippen molar-refractivity contribution < 1.29 is 4.39 Å². The van der Waals surface area contributed by atoms with Crippen LogP contribution in [-0.2, 0) is 0 Å². The van der Waals surface area contributed by atoms with Crippen molar-refractivity contribution in [2.75, 3.05) is 13.2 Å². The lowest BCUT2D eigenvalue weighted by Gasteiger charge is -2.01. The molecule has 3 heteroatoms. The minimum Gasteiger partial charge on any atom is -0.311 e. The van der Waals surface area contributed by atoms with E-state index in [2.05, 4.69) is 5.32 Å². The molecule has 1 spiro atoms. The van der Waals surface area contributed by atoms with Gasteiger partial charge in [0.25, 0.3) is 0 Å². The van der Waals surface area contributed by atoms with Crippen LogP contribution >= 0.6 is 12.4 Å². The molecule has 2 rings (SSSR count). The van der Waals surface area contributed by atoms with Gasteiger partial charge in [-0.2, -0.15) is 0 Å². The Morgan fingerprint density at radius 3 is 2.50 bits per heavy atom. The molecule has 0 bridgehead atoms. The summed E-state index contributed by atoms with van der Waals surface area (Å²) in [6, 6.07) is 0.188. The first kappa shape index (κ1) is 8.28. The largest absolute Gasteiger partial charge is 0.311 e. The smallest absolute Gasteiger partial charge is 0.105 e. The predicted molar refractivity (Wildman–Crippen MR) is 41.3 cm³/mol. The first-order valence-corrected chi connectivity index (χ1v) is 3.64. The summed E-state index contributed by atoms with van der Waals surface area (Å²) in [6.07, 6.45) is 3.75. The molecule has 1 atom stereocenters. The molecule has 1 nitrogen and oxygen atoms in total. The van der Waals surface area contributed by atoms with Gasteiger partial charge in [0.1, 0.15) is 6.67 Å². The highest BCUT2D eigenvalue weighted by atomic mass is 35.5. The summed E-state index contributed by atoms with van der Waals surface area (Å²) >= 11 is 0. The lowest BCUT2D eigenvalue weighted by atomic mass is 10.0. The summed E-state index contributed by atoms with van der Waals surface area (Å²) in [7, 11) is 0. The van der Waals surface area contributed by atoms with Gasteiger partial charge in [-0.15, -0.1) is 12.4 Å². The predicted octanol–water partition coefficient (Wildman–Crippen LogP) is 1.52. The Morgan fingerprint density at radius 1 is 1.50 bits per heavy atom. The highest BCUT2D eigenvalue weighted by Gasteiger charge is 2.47. The molecule has 0 radical (unpaired) electrons. The monoisotopic (exact) mass is 165 g/mol. The topological polar surface area (TPSA) is 12.0 Å². The third kappa shape index (κ3) is 1.28. The number of hydrogen-bond donors (Lipinski definition) is 1. The van der Waals surface area contributed by atoms with Crippen molar-refractivity contribution in [2.24, 2.45) is 5.41 Å². The fraction of sp³-hybridized carbons (Fsp3) is 1.00. The van der Waals surface area contributed by atoms with Gasteiger partial charge in [-0.05, 0) is 24.7 Å². The molecule has 10 heavy (non-hydrogen) atoms. The fourth-order valence-corrected chi connectivity index (χ4v) is 1.69. The zero-order valence-corrected chi connectivity index (χ0v) is 6.72. The first-order valence-electron chi connectivity index (χ1n) is 3.64. The van der Waals surface area contributed by atoms with E-state index < -0.39 is 0 Å². The molecular formula is C7H13ClFN. The molecule has 0 aromatic heterocycles. The number of halogens is 2. The SMILES string of the molecule is Cl.FC[C@H]1CC2(CC2)CN1. The highest BCUT2D eigenvalue weighted by Crippen LogP contribution is 2.51. The van der Waals surface area contributed by atoms with Crippen molar-refractivity contribution in [3.63, 3.8) is 0 Å². The maximum Gasteiger partial charge on any atom is 0.105 e. The van der Waals surface area contributed by atoms with Crippen LogP contribution in [0.5, 0.6) is 0 Å². The number of nitrogens with one attached hydrogen (secondary N) is 1. The van der Waals surface area contributed by atoms with Crippen LogP contribution in [0, 0.1) is 5.41 Å². The van der Waals surface area contributed by atoms with Crippen molar-refractivity contribution in [3.8, 4) is 0 Å². The summed E-state index contributed by atoms with van der Waals surface area (Å²) in [4.78, 5) is 0. The molecule has 1 saturated carbocycles. The van der Waals surface area contributed by atoms with Gasteiger partial charge >= 0.3 is 0 Å². The molecule has 1 heterocycles. The summed E-state index contributed by atoms with van der Waals surface area (Å²) in [5.74, 6) is 0. The average molecular weight is 166 g/mol. The Hall–Kier alpha value is 0.180. The molecule has 0 unspecified atom stereocenters. The van der Waals surface area contributed by atoms with Gasteiger partial charge in [0, 0.05) is 12.6 Å². The van der Waals surface area contributed by atoms with Gasteiger partial charge < -0.3 is 5.32 Å². The molecular weight excluding hydrogens is 153 g/mol. The van der Waals surface area contributed by atoms with Gasteiger partial charge in [0.2, 0.25) is 0 Å². The lowest BCUT2D eigenvalue weighted by molar-refractivity contribution is 0.397. The van der Waals surface area contributed by atoms with Crippen molar-refractivity contribution in [1.82, 2.24) is 5.32 Å². The summed E-state index contributed by atoms with van der Waals surface area (Å²) in [5, 5.41) is 3.18. The van der Waals surface area contributed by atoms with Gasteiger partial charge in [-0.1, -0.05) is 0 Å². The maximum atomic E-state index is 12.0. The van der Waals surface area contributed by atoms with Gasteiger partial charge in [-0.3, -0.25) is 0 Å². The van der Waals surface area contributed by atoms with Crippen LogP contribution in [0.4, 0.5) is 4.39 Å². The van der Waals surface area contributed by atoms with Crippen LogP contribution < -0.4 is 5.32 Å². The van der Waals surface area contributed by atoms with Gasteiger partial charge in [-0.25, -0.2) is 4.39 Å². The fourth-order valence-electron chi connectivity index (χ4n) is 1.69. The Morgan fingerprint density at radius 2 is 2.20 bits per heavy atom. The van der Waals surface area contributed by atoms with Crippen molar-refractivity contribution in [1.29, 1.82) is 0 Å². The van der Waals surface area contributed by atoms with E-state index >= 15 is 0 Å². The minimum atomic E-state index is -0.179. The van der Waals surface area contributed by atoms with E-state index in [1.807, 2.05) is 0 Å². The number of alkyl halides is 1. The third-order valence-electron chi connectivity index (χ3n) is 2.59. The molecule has 1 aliphatic heterocycles. The van der Waals surface area contributed by atoms with E-state index in [1.165, 1.54) is 12.8 Å². The van der Waals surface area contributed by atoms with Crippen LogP contribution in [0.1, 0.15) is 19.3 Å². The Labute approximate surface area is 66.8 Å². The Kier molecular flexibility index (Phi) is 2.21. The van der Waals surface area contributed by atoms with Crippen LogP contribution in [0.2, 0.25) is 0 Å². The second-order valence-corrected chi connectivity index (χ2v) is 3.44. The van der Waals surface area contributed by atoms with Crippen molar-refractivity contribution >= 4 is 12.4 Å². The molecule has 0 amide bonds. The second-order valence-electron chi connectivity index (χ2n) is 3.44. The van der Waals surface area contributed by atoms with E-state index in [9.17, 15) is 4.39 Å². The third-order valence-corrected chi connectivity index (χ3v) is 2.59. The van der Waals surface area contributed by atoms with Gasteiger partial charge in [0.05, 0.1) is 0 Å². The van der Waals surface area contributed by atoms with Crippen LogP contribution in [0.3, 0.4) is 0 Å². The molecule has 2 aliphatic rings. The Bertz CT molecular complexity index is 125. The Balaban J connectivity index is 0.000000500. The first-order chi connectivity index (χ1) is 4.35. The average Bonchev–Trinajstić information content (AvgIpc) is 2.44. The zero-order valence-electron chi connectivity index (χ0n) is 5.90. The standard InChI is InChI=1S/C7H12FN.ClH/c8-4-6-3-7(1-2-7)5-9-6;/h6,9H,1-5H2;1H/t6-;/m1./s1. The molecule has 1 saturated heterocycles. The van der Waals surface area contributed by atoms with Crippen molar-refractivity contribution in [3.05, 3.63) is 0 Å². The number of rotatable bonds is 1. The normalized spacial score (nSPS) is 33.9. The summed E-state index contributed by atoms with van der Waals surface area (Å²) < 4.78 is 12.0. The summed E-state index contributed by atoms with van der Waals surface area (Å²) in [5.41, 5.74) is 0.566. The van der Waals surface area contributed by atoms with E-state index in [1.54, 1.807) is 0 Å². The van der Waals surface area contributed by atoms with E-state index in [4.69, 9.17) is 0 Å². The minimum absolute atomic E-state index is 0. The second kappa shape index (κ2) is 2.67. The van der Waals surface area contributed by atoms with Crippen LogP contribution in [-0.4, -0.2) is 19.3 Å². The maximum absolute atomic E-state index is 12.0. The molecule has 0 aromatic rings.